The number of hydrogen-bond donors (Lipinski definition) is 3. The molecule has 0 aliphatic carbocycles. The van der Waals surface area contributed by atoms with Crippen LogP contribution in [0.15, 0.2) is 24.3 Å². The van der Waals surface area contributed by atoms with E-state index in [1.165, 1.54) is 0 Å². The third-order valence-corrected chi connectivity index (χ3v) is 3.12. The number of urea groups is 1. The molecule has 1 aromatic carbocycles. The van der Waals surface area contributed by atoms with Gasteiger partial charge in [0.25, 0.3) is 0 Å². The molecule has 1 fully saturated rings. The fraction of sp³-hybridized carbons (Fsp3) is 0.533. The van der Waals surface area contributed by atoms with Crippen molar-refractivity contribution in [2.75, 3.05) is 23.8 Å². The number of carbonyl (C=O) groups is 1. The molecule has 0 radical (unpaired) electrons. The predicted octanol–water partition coefficient (Wildman–Crippen LogP) is 2.81. The van der Waals surface area contributed by atoms with E-state index in [2.05, 4.69) is 16.0 Å². The van der Waals surface area contributed by atoms with Gasteiger partial charge in [-0.15, -0.1) is 0 Å². The van der Waals surface area contributed by atoms with E-state index in [4.69, 9.17) is 4.74 Å². The van der Waals surface area contributed by atoms with Crippen LogP contribution in [0.25, 0.3) is 0 Å². The maximum Gasteiger partial charge on any atom is 0.319 e. The van der Waals surface area contributed by atoms with Gasteiger partial charge < -0.3 is 20.7 Å². The first-order valence-corrected chi connectivity index (χ1v) is 7.16. The summed E-state index contributed by atoms with van der Waals surface area (Å²) in [4.78, 5) is 11.6. The fourth-order valence-electron chi connectivity index (χ4n) is 2.14. The zero-order chi connectivity index (χ0) is 14.4. The number of amides is 2. The maximum atomic E-state index is 11.6. The van der Waals surface area contributed by atoms with Crippen LogP contribution < -0.4 is 16.0 Å². The summed E-state index contributed by atoms with van der Waals surface area (Å²) in [5.41, 5.74) is 1.82. The topological polar surface area (TPSA) is 62.4 Å². The summed E-state index contributed by atoms with van der Waals surface area (Å²) in [7, 11) is 0. The van der Waals surface area contributed by atoms with E-state index >= 15 is 0 Å². The van der Waals surface area contributed by atoms with Crippen LogP contribution in [0.4, 0.5) is 16.2 Å². The second-order valence-electron chi connectivity index (χ2n) is 5.35. The standard InChI is InChI=1S/C15H23N3O2/c1-11(2)17-15(19)18-13-7-5-12(6-8-13)16-10-14-4-3-9-20-14/h5-8,11,14,16H,3-4,9-10H2,1-2H3,(H2,17,18,19). The molecule has 1 heterocycles. The van der Waals surface area contributed by atoms with Crippen molar-refractivity contribution in [3.63, 3.8) is 0 Å². The van der Waals surface area contributed by atoms with E-state index in [-0.39, 0.29) is 12.1 Å². The molecule has 0 aromatic heterocycles. The van der Waals surface area contributed by atoms with Crippen LogP contribution >= 0.6 is 0 Å². The molecule has 1 aliphatic heterocycles. The number of anilines is 2. The molecule has 2 amide bonds. The molecule has 2 rings (SSSR count). The van der Waals surface area contributed by atoms with Gasteiger partial charge in [-0.1, -0.05) is 0 Å². The highest BCUT2D eigenvalue weighted by atomic mass is 16.5. The Morgan fingerprint density at radius 2 is 2.00 bits per heavy atom. The van der Waals surface area contributed by atoms with Crippen LogP contribution in [-0.4, -0.2) is 31.3 Å². The second kappa shape index (κ2) is 7.14. The van der Waals surface area contributed by atoms with E-state index in [1.807, 2.05) is 38.1 Å². The zero-order valence-electron chi connectivity index (χ0n) is 12.1. The van der Waals surface area contributed by atoms with Crippen molar-refractivity contribution >= 4 is 17.4 Å². The molecule has 110 valence electrons. The Hall–Kier alpha value is -1.75. The highest BCUT2D eigenvalue weighted by Gasteiger charge is 2.14. The van der Waals surface area contributed by atoms with Crippen LogP contribution in [0, 0.1) is 0 Å². The van der Waals surface area contributed by atoms with Gasteiger partial charge in [0.05, 0.1) is 6.10 Å². The summed E-state index contributed by atoms with van der Waals surface area (Å²) in [5.74, 6) is 0. The van der Waals surface area contributed by atoms with E-state index < -0.39 is 0 Å². The lowest BCUT2D eigenvalue weighted by Gasteiger charge is -2.13. The lowest BCUT2D eigenvalue weighted by molar-refractivity contribution is 0.120. The number of nitrogens with one attached hydrogen (secondary N) is 3. The number of ether oxygens (including phenoxy) is 1. The molecule has 3 N–H and O–H groups in total. The summed E-state index contributed by atoms with van der Waals surface area (Å²) >= 11 is 0. The normalized spacial score (nSPS) is 18.1. The van der Waals surface area contributed by atoms with Crippen molar-refractivity contribution in [1.29, 1.82) is 0 Å². The lowest BCUT2D eigenvalue weighted by Crippen LogP contribution is -2.34. The number of rotatable bonds is 5. The third-order valence-electron chi connectivity index (χ3n) is 3.12. The third kappa shape index (κ3) is 4.74. The molecule has 1 atom stereocenters. The summed E-state index contributed by atoms with van der Waals surface area (Å²) in [6, 6.07) is 7.64. The maximum absolute atomic E-state index is 11.6. The van der Waals surface area contributed by atoms with Gasteiger partial charge in [0, 0.05) is 30.6 Å². The smallest absolute Gasteiger partial charge is 0.319 e. The first-order valence-electron chi connectivity index (χ1n) is 7.16. The van der Waals surface area contributed by atoms with Crippen LogP contribution in [0.2, 0.25) is 0 Å². The Kier molecular flexibility index (Phi) is 5.24. The average Bonchev–Trinajstić information content (AvgIpc) is 2.90. The number of hydrogen-bond acceptors (Lipinski definition) is 3. The largest absolute Gasteiger partial charge is 0.382 e. The first kappa shape index (κ1) is 14.7. The minimum atomic E-state index is -0.180. The Morgan fingerprint density at radius 1 is 1.30 bits per heavy atom. The fourth-order valence-corrected chi connectivity index (χ4v) is 2.14. The lowest BCUT2D eigenvalue weighted by atomic mass is 10.2. The Morgan fingerprint density at radius 3 is 2.60 bits per heavy atom. The molecular weight excluding hydrogens is 254 g/mol. The van der Waals surface area contributed by atoms with Gasteiger partial charge >= 0.3 is 6.03 Å². The van der Waals surface area contributed by atoms with Crippen LogP contribution in [0.1, 0.15) is 26.7 Å². The summed E-state index contributed by atoms with van der Waals surface area (Å²) in [5, 5.41) is 8.93. The predicted molar refractivity (Wildman–Crippen MR) is 81.2 cm³/mol. The molecule has 0 saturated carbocycles. The minimum Gasteiger partial charge on any atom is -0.382 e. The molecule has 20 heavy (non-hydrogen) atoms. The van der Waals surface area contributed by atoms with Crippen LogP contribution in [0.3, 0.4) is 0 Å². The molecule has 1 saturated heterocycles. The van der Waals surface area contributed by atoms with Crippen LogP contribution in [-0.2, 0) is 4.74 Å². The van der Waals surface area contributed by atoms with E-state index in [0.29, 0.717) is 6.10 Å². The molecule has 5 heteroatoms. The summed E-state index contributed by atoms with van der Waals surface area (Å²) < 4.78 is 5.56. The Labute approximate surface area is 120 Å². The molecule has 1 unspecified atom stereocenters. The summed E-state index contributed by atoms with van der Waals surface area (Å²) in [6.45, 7) is 5.57. The molecule has 1 aliphatic rings. The van der Waals surface area contributed by atoms with E-state index in [0.717, 1.165) is 37.4 Å². The van der Waals surface area contributed by atoms with Gasteiger partial charge in [-0.25, -0.2) is 4.79 Å². The van der Waals surface area contributed by atoms with E-state index in [9.17, 15) is 4.79 Å². The highest BCUT2D eigenvalue weighted by molar-refractivity contribution is 5.89. The Bertz CT molecular complexity index is 425. The molecule has 5 nitrogen and oxygen atoms in total. The number of carbonyl (C=O) groups excluding carboxylic acids is 1. The van der Waals surface area contributed by atoms with Crippen molar-refractivity contribution in [3.05, 3.63) is 24.3 Å². The number of benzene rings is 1. The van der Waals surface area contributed by atoms with Crippen molar-refractivity contribution < 1.29 is 9.53 Å². The van der Waals surface area contributed by atoms with Crippen molar-refractivity contribution in [3.8, 4) is 0 Å². The van der Waals surface area contributed by atoms with Gasteiger partial charge in [-0.3, -0.25) is 0 Å². The monoisotopic (exact) mass is 277 g/mol. The highest BCUT2D eigenvalue weighted by Crippen LogP contribution is 2.16. The van der Waals surface area contributed by atoms with Crippen LogP contribution in [0.5, 0.6) is 0 Å². The summed E-state index contributed by atoms with van der Waals surface area (Å²) in [6.07, 6.45) is 2.60. The first-order chi connectivity index (χ1) is 9.63. The van der Waals surface area contributed by atoms with Crippen molar-refractivity contribution in [2.45, 2.75) is 38.8 Å². The average molecular weight is 277 g/mol. The zero-order valence-corrected chi connectivity index (χ0v) is 12.1. The van der Waals surface area contributed by atoms with Gasteiger partial charge in [-0.2, -0.15) is 0 Å². The van der Waals surface area contributed by atoms with Gasteiger partial charge in [0.15, 0.2) is 0 Å². The van der Waals surface area contributed by atoms with E-state index in [1.54, 1.807) is 0 Å². The van der Waals surface area contributed by atoms with Crippen molar-refractivity contribution in [2.24, 2.45) is 0 Å². The van der Waals surface area contributed by atoms with Gasteiger partial charge in [0.2, 0.25) is 0 Å². The van der Waals surface area contributed by atoms with Gasteiger partial charge in [-0.05, 0) is 51.0 Å². The molecule has 1 aromatic rings. The SMILES string of the molecule is CC(C)NC(=O)Nc1ccc(NCC2CCCO2)cc1. The van der Waals surface area contributed by atoms with Crippen molar-refractivity contribution in [1.82, 2.24) is 5.32 Å². The van der Waals surface area contributed by atoms with Gasteiger partial charge in [0.1, 0.15) is 0 Å². The molecule has 0 spiro atoms. The Balaban J connectivity index is 1.78. The minimum absolute atomic E-state index is 0.127. The molecule has 0 bridgehead atoms. The second-order valence-corrected chi connectivity index (χ2v) is 5.35. The molecular formula is C15H23N3O2. The quantitative estimate of drug-likeness (QED) is 0.775.